The lowest BCUT2D eigenvalue weighted by atomic mass is 9.80. The fraction of sp³-hybridized carbons (Fsp3) is 0.818. The molecule has 84 valence electrons. The predicted molar refractivity (Wildman–Crippen MR) is 56.3 cm³/mol. The molecule has 0 aromatic rings. The van der Waals surface area contributed by atoms with Crippen molar-refractivity contribution in [1.82, 2.24) is 10.6 Å². The molecule has 2 N–H and O–H groups in total. The van der Waals surface area contributed by atoms with Gasteiger partial charge in [-0.1, -0.05) is 25.7 Å². The van der Waals surface area contributed by atoms with Crippen LogP contribution in [0, 0.1) is 5.92 Å². The first-order valence-electron chi connectivity index (χ1n) is 5.76. The molecule has 1 unspecified atom stereocenters. The van der Waals surface area contributed by atoms with Crippen LogP contribution in [0.2, 0.25) is 0 Å². The molecule has 1 saturated carbocycles. The van der Waals surface area contributed by atoms with Crippen LogP contribution in [0.3, 0.4) is 0 Å². The molecule has 3 amide bonds. The third-order valence-electron chi connectivity index (χ3n) is 3.74. The summed E-state index contributed by atoms with van der Waals surface area (Å²) in [4.78, 5) is 22.9. The minimum absolute atomic E-state index is 0.153. The molecular weight excluding hydrogens is 192 g/mol. The molecule has 1 heterocycles. The number of carbonyl (C=O) groups is 2. The molecule has 0 spiro atoms. The van der Waals surface area contributed by atoms with Gasteiger partial charge in [-0.25, -0.2) is 4.79 Å². The summed E-state index contributed by atoms with van der Waals surface area (Å²) in [6.45, 7) is 1.85. The van der Waals surface area contributed by atoms with Crippen molar-refractivity contribution >= 4 is 11.9 Å². The molecule has 2 fully saturated rings. The monoisotopic (exact) mass is 210 g/mol. The normalized spacial score (nSPS) is 33.4. The first kappa shape index (κ1) is 10.5. The number of hydrogen-bond acceptors (Lipinski definition) is 2. The minimum Gasteiger partial charge on any atom is -0.323 e. The standard InChI is InChI=1S/C11H18N2O2/c1-11(9(14)12-10(15)13-11)8-6-4-2-3-5-7-8/h8H,2-7H2,1H3,(H2,12,13,14,15). The number of rotatable bonds is 1. The van der Waals surface area contributed by atoms with E-state index in [1.54, 1.807) is 0 Å². The van der Waals surface area contributed by atoms with Crippen LogP contribution in [-0.2, 0) is 4.79 Å². The summed E-state index contributed by atoms with van der Waals surface area (Å²) in [5, 5.41) is 5.11. The molecular formula is C11H18N2O2. The molecule has 15 heavy (non-hydrogen) atoms. The third-order valence-corrected chi connectivity index (χ3v) is 3.74. The molecule has 4 nitrogen and oxygen atoms in total. The van der Waals surface area contributed by atoms with Crippen molar-refractivity contribution in [3.05, 3.63) is 0 Å². The maximum Gasteiger partial charge on any atom is 0.322 e. The fourth-order valence-corrected chi connectivity index (χ4v) is 2.70. The van der Waals surface area contributed by atoms with Gasteiger partial charge in [0.05, 0.1) is 0 Å². The van der Waals surface area contributed by atoms with Crippen LogP contribution in [0.25, 0.3) is 0 Å². The largest absolute Gasteiger partial charge is 0.323 e. The van der Waals surface area contributed by atoms with Gasteiger partial charge in [0.15, 0.2) is 0 Å². The Kier molecular flexibility index (Phi) is 2.67. The summed E-state index contributed by atoms with van der Waals surface area (Å²) >= 11 is 0. The van der Waals surface area contributed by atoms with Gasteiger partial charge < -0.3 is 5.32 Å². The molecule has 2 rings (SSSR count). The van der Waals surface area contributed by atoms with Crippen molar-refractivity contribution in [3.63, 3.8) is 0 Å². The average Bonchev–Trinajstić information content (AvgIpc) is 2.45. The highest BCUT2D eigenvalue weighted by Gasteiger charge is 2.47. The van der Waals surface area contributed by atoms with E-state index in [0.29, 0.717) is 5.92 Å². The molecule has 0 aromatic carbocycles. The van der Waals surface area contributed by atoms with Crippen LogP contribution < -0.4 is 10.6 Å². The SMILES string of the molecule is CC1(C2CCCCCC2)NC(=O)NC1=O. The van der Waals surface area contributed by atoms with Gasteiger partial charge in [0.25, 0.3) is 5.91 Å². The van der Waals surface area contributed by atoms with Crippen molar-refractivity contribution in [2.75, 3.05) is 0 Å². The van der Waals surface area contributed by atoms with Crippen LogP contribution in [0.4, 0.5) is 4.79 Å². The lowest BCUT2D eigenvalue weighted by Crippen LogP contribution is -2.50. The number of imide groups is 1. The first-order chi connectivity index (χ1) is 7.13. The number of carbonyl (C=O) groups excluding carboxylic acids is 2. The number of urea groups is 1. The number of hydrogen-bond donors (Lipinski definition) is 2. The van der Waals surface area contributed by atoms with Crippen molar-refractivity contribution in [2.24, 2.45) is 5.92 Å². The Morgan fingerprint density at radius 2 is 1.73 bits per heavy atom. The molecule has 0 aromatic heterocycles. The fourth-order valence-electron chi connectivity index (χ4n) is 2.70. The smallest absolute Gasteiger partial charge is 0.322 e. The first-order valence-corrected chi connectivity index (χ1v) is 5.76. The third kappa shape index (κ3) is 1.85. The second-order valence-corrected chi connectivity index (χ2v) is 4.80. The van der Waals surface area contributed by atoms with E-state index in [9.17, 15) is 9.59 Å². The lowest BCUT2D eigenvalue weighted by molar-refractivity contribution is -0.125. The Balaban J connectivity index is 2.13. The minimum atomic E-state index is -0.665. The van der Waals surface area contributed by atoms with E-state index in [4.69, 9.17) is 0 Å². The molecule has 1 aliphatic carbocycles. The summed E-state index contributed by atoms with van der Waals surface area (Å²) in [6, 6.07) is -0.341. The van der Waals surface area contributed by atoms with Gasteiger partial charge in [0.2, 0.25) is 0 Å². The Morgan fingerprint density at radius 1 is 1.13 bits per heavy atom. The van der Waals surface area contributed by atoms with Crippen LogP contribution in [0.15, 0.2) is 0 Å². The Labute approximate surface area is 89.8 Å². The van der Waals surface area contributed by atoms with Gasteiger partial charge in [-0.05, 0) is 25.7 Å². The topological polar surface area (TPSA) is 58.2 Å². The maximum atomic E-state index is 11.7. The highest BCUT2D eigenvalue weighted by atomic mass is 16.2. The van der Waals surface area contributed by atoms with Gasteiger partial charge in [0.1, 0.15) is 5.54 Å². The molecule has 1 saturated heterocycles. The highest BCUT2D eigenvalue weighted by molar-refractivity contribution is 6.06. The molecule has 0 radical (unpaired) electrons. The van der Waals surface area contributed by atoms with Crippen molar-refractivity contribution in [2.45, 2.75) is 51.0 Å². The Hall–Kier alpha value is -1.06. The van der Waals surface area contributed by atoms with Crippen molar-refractivity contribution in [3.8, 4) is 0 Å². The van der Waals surface area contributed by atoms with Crippen LogP contribution in [-0.4, -0.2) is 17.5 Å². The van der Waals surface area contributed by atoms with Crippen LogP contribution in [0.5, 0.6) is 0 Å². The average molecular weight is 210 g/mol. The summed E-state index contributed by atoms with van der Waals surface area (Å²) in [6.07, 6.45) is 6.94. The van der Waals surface area contributed by atoms with Crippen molar-refractivity contribution < 1.29 is 9.59 Å². The summed E-state index contributed by atoms with van der Waals surface area (Å²) in [5.41, 5.74) is -0.665. The van der Waals surface area contributed by atoms with E-state index in [2.05, 4.69) is 10.6 Å². The predicted octanol–water partition coefficient (Wildman–Crippen LogP) is 1.55. The second kappa shape index (κ2) is 3.83. The summed E-state index contributed by atoms with van der Waals surface area (Å²) in [5.74, 6) is 0.144. The van der Waals surface area contributed by atoms with Gasteiger partial charge in [0, 0.05) is 0 Å². The van der Waals surface area contributed by atoms with Crippen LogP contribution >= 0.6 is 0 Å². The summed E-state index contributed by atoms with van der Waals surface area (Å²) < 4.78 is 0. The van der Waals surface area contributed by atoms with E-state index < -0.39 is 5.54 Å². The van der Waals surface area contributed by atoms with E-state index in [-0.39, 0.29) is 11.9 Å². The number of nitrogens with one attached hydrogen (secondary N) is 2. The second-order valence-electron chi connectivity index (χ2n) is 4.80. The highest BCUT2D eigenvalue weighted by Crippen LogP contribution is 2.33. The Morgan fingerprint density at radius 3 is 2.20 bits per heavy atom. The Bertz CT molecular complexity index is 282. The van der Waals surface area contributed by atoms with E-state index >= 15 is 0 Å². The molecule has 1 atom stereocenters. The van der Waals surface area contributed by atoms with Crippen LogP contribution in [0.1, 0.15) is 45.4 Å². The van der Waals surface area contributed by atoms with Gasteiger partial charge in [-0.15, -0.1) is 0 Å². The van der Waals surface area contributed by atoms with Gasteiger partial charge >= 0.3 is 6.03 Å². The van der Waals surface area contributed by atoms with E-state index in [0.717, 1.165) is 12.8 Å². The quantitative estimate of drug-likeness (QED) is 0.509. The number of amides is 3. The molecule has 1 aliphatic heterocycles. The molecule has 2 aliphatic rings. The van der Waals surface area contributed by atoms with E-state index in [1.165, 1.54) is 25.7 Å². The van der Waals surface area contributed by atoms with Gasteiger partial charge in [-0.3, -0.25) is 10.1 Å². The van der Waals surface area contributed by atoms with E-state index in [1.807, 2.05) is 6.92 Å². The maximum absolute atomic E-state index is 11.7. The zero-order valence-electron chi connectivity index (χ0n) is 9.14. The van der Waals surface area contributed by atoms with Crippen molar-refractivity contribution in [1.29, 1.82) is 0 Å². The molecule has 4 heteroatoms. The zero-order chi connectivity index (χ0) is 10.9. The zero-order valence-corrected chi connectivity index (χ0v) is 9.14. The summed E-state index contributed by atoms with van der Waals surface area (Å²) in [7, 11) is 0. The lowest BCUT2D eigenvalue weighted by Gasteiger charge is -2.30. The van der Waals surface area contributed by atoms with Gasteiger partial charge in [-0.2, -0.15) is 0 Å². The molecule has 0 bridgehead atoms.